The summed E-state index contributed by atoms with van der Waals surface area (Å²) in [7, 11) is 2.04. The van der Waals surface area contributed by atoms with Crippen LogP contribution in [0.3, 0.4) is 0 Å². The fourth-order valence-electron chi connectivity index (χ4n) is 4.46. The Morgan fingerprint density at radius 1 is 1.03 bits per heavy atom. The van der Waals surface area contributed by atoms with E-state index in [-0.39, 0.29) is 24.2 Å². The lowest BCUT2D eigenvalue weighted by molar-refractivity contribution is -0.137. The first-order valence-corrected chi connectivity index (χ1v) is 12.9. The number of carbonyl (C=O) groups excluding carboxylic acids is 1. The van der Waals surface area contributed by atoms with Crippen LogP contribution in [0.4, 0.5) is 16.2 Å². The summed E-state index contributed by atoms with van der Waals surface area (Å²) in [6, 6.07) is 15.0. The second kappa shape index (κ2) is 12.1. The van der Waals surface area contributed by atoms with Crippen molar-refractivity contribution in [2.75, 3.05) is 43.4 Å². The van der Waals surface area contributed by atoms with Crippen molar-refractivity contribution in [1.29, 1.82) is 0 Å². The second-order valence-electron chi connectivity index (χ2n) is 9.55. The van der Waals surface area contributed by atoms with E-state index in [1.807, 2.05) is 50.4 Å². The summed E-state index contributed by atoms with van der Waals surface area (Å²) >= 11 is 6.33. The highest BCUT2D eigenvalue weighted by Gasteiger charge is 2.24. The molecule has 4 rings (SSSR count). The zero-order valence-electron chi connectivity index (χ0n) is 21.5. The summed E-state index contributed by atoms with van der Waals surface area (Å²) < 4.78 is 1.51. The Kier molecular flexibility index (Phi) is 8.70. The van der Waals surface area contributed by atoms with Gasteiger partial charge < -0.3 is 30.1 Å². The molecule has 2 heterocycles. The van der Waals surface area contributed by atoms with Gasteiger partial charge >= 0.3 is 12.0 Å². The molecular weight excluding hydrogens is 506 g/mol. The molecule has 2 amide bonds. The van der Waals surface area contributed by atoms with E-state index in [0.717, 1.165) is 24.2 Å². The Morgan fingerprint density at radius 2 is 1.71 bits per heavy atom. The van der Waals surface area contributed by atoms with E-state index in [0.29, 0.717) is 29.4 Å². The van der Waals surface area contributed by atoms with Gasteiger partial charge in [-0.05, 0) is 37.2 Å². The van der Waals surface area contributed by atoms with Gasteiger partial charge in [-0.15, -0.1) is 0 Å². The number of carboxylic acid groups (broad SMARTS) is 1. The molecule has 1 atom stereocenters. The number of likely N-dealkylation sites (N-methyl/N-ethyl adjacent to an activating group) is 1. The van der Waals surface area contributed by atoms with E-state index < -0.39 is 18.0 Å². The lowest BCUT2D eigenvalue weighted by atomic mass is 10.0. The van der Waals surface area contributed by atoms with Crippen LogP contribution in [-0.4, -0.2) is 59.8 Å². The van der Waals surface area contributed by atoms with Crippen LogP contribution in [0.5, 0.6) is 0 Å². The normalized spacial score (nSPS) is 14.7. The maximum atomic E-state index is 13.7. The van der Waals surface area contributed by atoms with Crippen molar-refractivity contribution in [3.05, 3.63) is 92.9 Å². The van der Waals surface area contributed by atoms with E-state index in [9.17, 15) is 19.5 Å². The van der Waals surface area contributed by atoms with Gasteiger partial charge in [0, 0.05) is 37.4 Å². The fraction of sp³-hybridized carbons (Fsp3) is 0.321. The molecule has 3 N–H and O–H groups in total. The van der Waals surface area contributed by atoms with Crippen LogP contribution in [0.25, 0.3) is 0 Å². The SMILES string of the molecule is Cc1ccc([C@H](CC(=O)O)NC(=O)Nc2c(N3CCN(C)CC3)ccn(Cc3ccccc3Cl)c2=O)cc1. The first-order chi connectivity index (χ1) is 18.2. The summed E-state index contributed by atoms with van der Waals surface area (Å²) in [6.07, 6.45) is 1.41. The van der Waals surface area contributed by atoms with Gasteiger partial charge in [0.2, 0.25) is 0 Å². The van der Waals surface area contributed by atoms with Crippen molar-refractivity contribution < 1.29 is 14.7 Å². The third kappa shape index (κ3) is 6.73. The summed E-state index contributed by atoms with van der Waals surface area (Å²) in [6.45, 7) is 5.21. The molecule has 0 spiro atoms. The predicted octanol–water partition coefficient (Wildman–Crippen LogP) is 3.95. The number of hydrogen-bond acceptors (Lipinski definition) is 5. The smallest absolute Gasteiger partial charge is 0.319 e. The van der Waals surface area contributed by atoms with E-state index in [4.69, 9.17) is 11.6 Å². The second-order valence-corrected chi connectivity index (χ2v) is 9.96. The molecular formula is C28H32ClN5O4. The highest BCUT2D eigenvalue weighted by molar-refractivity contribution is 6.31. The van der Waals surface area contributed by atoms with Crippen LogP contribution < -0.4 is 21.1 Å². The number of amides is 2. The van der Waals surface area contributed by atoms with Gasteiger partial charge in [0.1, 0.15) is 5.69 Å². The summed E-state index contributed by atoms with van der Waals surface area (Å²) in [4.78, 5) is 42.7. The molecule has 0 unspecified atom stereocenters. The standard InChI is InChI=1S/C28H32ClN5O4/c1-19-7-9-20(10-8-19)23(17-25(35)36)30-28(38)31-26-24(33-15-13-32(2)14-16-33)11-12-34(27(26)37)18-21-5-3-4-6-22(21)29/h3-12,23H,13-18H2,1-2H3,(H,35,36)(H2,30,31,38)/t23-/m0/s1. The maximum Gasteiger partial charge on any atom is 0.319 e. The van der Waals surface area contributed by atoms with Crippen LogP contribution in [0.15, 0.2) is 65.6 Å². The Bertz CT molecular complexity index is 1350. The zero-order valence-corrected chi connectivity index (χ0v) is 22.2. The van der Waals surface area contributed by atoms with E-state index in [2.05, 4.69) is 20.4 Å². The molecule has 10 heteroatoms. The van der Waals surface area contributed by atoms with Crippen LogP contribution in [0, 0.1) is 6.92 Å². The van der Waals surface area contributed by atoms with E-state index in [1.54, 1.807) is 24.4 Å². The number of pyridine rings is 1. The molecule has 38 heavy (non-hydrogen) atoms. The van der Waals surface area contributed by atoms with Crippen LogP contribution in [0.2, 0.25) is 5.02 Å². The van der Waals surface area contributed by atoms with E-state index in [1.165, 1.54) is 4.57 Å². The number of benzene rings is 2. The summed E-state index contributed by atoms with van der Waals surface area (Å²) in [5, 5.41) is 15.5. The highest BCUT2D eigenvalue weighted by atomic mass is 35.5. The number of anilines is 2. The topological polar surface area (TPSA) is 107 Å². The molecule has 1 aliphatic heterocycles. The van der Waals surface area contributed by atoms with E-state index >= 15 is 0 Å². The Morgan fingerprint density at radius 3 is 2.37 bits per heavy atom. The number of nitrogens with one attached hydrogen (secondary N) is 2. The highest BCUT2D eigenvalue weighted by Crippen LogP contribution is 2.25. The van der Waals surface area contributed by atoms with Crippen molar-refractivity contribution in [1.82, 2.24) is 14.8 Å². The third-order valence-corrected chi connectivity index (χ3v) is 7.06. The van der Waals surface area contributed by atoms with Crippen LogP contribution >= 0.6 is 11.6 Å². The Labute approximate surface area is 226 Å². The minimum absolute atomic E-state index is 0.139. The molecule has 1 aliphatic rings. The first kappa shape index (κ1) is 27.2. The van der Waals surface area contributed by atoms with Gasteiger partial charge in [0.05, 0.1) is 24.7 Å². The molecule has 1 fully saturated rings. The van der Waals surface area contributed by atoms with Crippen molar-refractivity contribution in [3.8, 4) is 0 Å². The average molecular weight is 538 g/mol. The zero-order chi connectivity index (χ0) is 27.2. The molecule has 1 saturated heterocycles. The summed E-state index contributed by atoms with van der Waals surface area (Å²) in [5.74, 6) is -1.05. The van der Waals surface area contributed by atoms with Gasteiger partial charge in [-0.1, -0.05) is 59.6 Å². The van der Waals surface area contributed by atoms with Gasteiger partial charge in [0.25, 0.3) is 5.56 Å². The Hall–Kier alpha value is -3.82. The number of urea groups is 1. The number of carboxylic acids is 1. The number of halogens is 1. The minimum atomic E-state index is -1.05. The number of aryl methyl sites for hydroxylation is 1. The average Bonchev–Trinajstić information content (AvgIpc) is 2.88. The van der Waals surface area contributed by atoms with Gasteiger partial charge in [-0.2, -0.15) is 0 Å². The number of nitrogens with zero attached hydrogens (tertiary/aromatic N) is 3. The van der Waals surface area contributed by atoms with Gasteiger partial charge in [-0.3, -0.25) is 9.59 Å². The van der Waals surface area contributed by atoms with Crippen molar-refractivity contribution in [2.45, 2.75) is 25.9 Å². The summed E-state index contributed by atoms with van der Waals surface area (Å²) in [5.41, 5.74) is 2.85. The minimum Gasteiger partial charge on any atom is -0.481 e. The molecule has 3 aromatic rings. The maximum absolute atomic E-state index is 13.7. The predicted molar refractivity (Wildman–Crippen MR) is 149 cm³/mol. The quantitative estimate of drug-likeness (QED) is 0.402. The number of aliphatic carboxylic acids is 1. The number of carbonyl (C=O) groups is 2. The Balaban J connectivity index is 1.64. The van der Waals surface area contributed by atoms with Crippen molar-refractivity contribution in [2.24, 2.45) is 0 Å². The van der Waals surface area contributed by atoms with Gasteiger partial charge in [-0.25, -0.2) is 4.79 Å². The molecule has 200 valence electrons. The monoisotopic (exact) mass is 537 g/mol. The largest absolute Gasteiger partial charge is 0.481 e. The van der Waals surface area contributed by atoms with Crippen LogP contribution in [-0.2, 0) is 11.3 Å². The van der Waals surface area contributed by atoms with Gasteiger partial charge in [0.15, 0.2) is 0 Å². The first-order valence-electron chi connectivity index (χ1n) is 12.5. The fourth-order valence-corrected chi connectivity index (χ4v) is 4.66. The van der Waals surface area contributed by atoms with Crippen LogP contribution in [0.1, 0.15) is 29.2 Å². The number of piperazine rings is 1. The molecule has 0 radical (unpaired) electrons. The van der Waals surface area contributed by atoms with Crippen molar-refractivity contribution >= 4 is 35.0 Å². The lowest BCUT2D eigenvalue weighted by Crippen LogP contribution is -2.45. The number of aromatic nitrogens is 1. The molecule has 2 aromatic carbocycles. The molecule has 0 bridgehead atoms. The molecule has 0 aliphatic carbocycles. The third-order valence-electron chi connectivity index (χ3n) is 6.69. The number of rotatable bonds is 8. The lowest BCUT2D eigenvalue weighted by Gasteiger charge is -2.35. The molecule has 0 saturated carbocycles. The van der Waals surface area contributed by atoms with Crippen molar-refractivity contribution in [3.63, 3.8) is 0 Å². The molecule has 1 aromatic heterocycles. The molecule has 9 nitrogen and oxygen atoms in total. The number of hydrogen-bond donors (Lipinski definition) is 3.